The Kier molecular flexibility index (Phi) is 4.93. The van der Waals surface area contributed by atoms with E-state index in [1.165, 1.54) is 5.56 Å². The Balaban J connectivity index is 1.54. The Morgan fingerprint density at radius 1 is 0.957 bits per heavy atom. The highest BCUT2D eigenvalue weighted by Crippen LogP contribution is 2.15. The molecule has 3 rings (SSSR count). The maximum atomic E-state index is 12.5. The molecule has 4 heteroatoms. The van der Waals surface area contributed by atoms with Crippen LogP contribution in [0.2, 0.25) is 0 Å². The smallest absolute Gasteiger partial charge is 0.253 e. The Hall–Kier alpha value is -2.33. The SMILES string of the molecule is COc1ccc(C(=O)N2CCN(Cc3ccccc3)CC2)cc1. The molecule has 0 radical (unpaired) electrons. The molecular weight excluding hydrogens is 288 g/mol. The summed E-state index contributed by atoms with van der Waals surface area (Å²) >= 11 is 0. The second kappa shape index (κ2) is 7.29. The summed E-state index contributed by atoms with van der Waals surface area (Å²) in [4.78, 5) is 16.9. The van der Waals surface area contributed by atoms with Crippen molar-refractivity contribution in [1.82, 2.24) is 9.80 Å². The number of carbonyl (C=O) groups excluding carboxylic acids is 1. The third-order valence-corrected chi connectivity index (χ3v) is 4.25. The first kappa shape index (κ1) is 15.6. The molecule has 2 aromatic carbocycles. The van der Waals surface area contributed by atoms with Gasteiger partial charge in [0, 0.05) is 38.3 Å². The Bertz CT molecular complexity index is 632. The first-order valence-electron chi connectivity index (χ1n) is 7.96. The van der Waals surface area contributed by atoms with Crippen molar-refractivity contribution in [1.29, 1.82) is 0 Å². The van der Waals surface area contributed by atoms with E-state index in [-0.39, 0.29) is 5.91 Å². The molecule has 0 spiro atoms. The van der Waals surface area contributed by atoms with Crippen LogP contribution in [-0.2, 0) is 6.54 Å². The van der Waals surface area contributed by atoms with Gasteiger partial charge in [0.25, 0.3) is 5.91 Å². The molecule has 4 nitrogen and oxygen atoms in total. The van der Waals surface area contributed by atoms with Gasteiger partial charge in [0.2, 0.25) is 0 Å². The standard InChI is InChI=1S/C19H22N2O2/c1-23-18-9-7-17(8-10-18)19(22)21-13-11-20(12-14-21)15-16-5-3-2-4-6-16/h2-10H,11-15H2,1H3. The molecule has 1 saturated heterocycles. The summed E-state index contributed by atoms with van der Waals surface area (Å²) in [5, 5.41) is 0. The summed E-state index contributed by atoms with van der Waals surface area (Å²) in [6.45, 7) is 4.33. The third kappa shape index (κ3) is 3.90. The van der Waals surface area contributed by atoms with Crippen LogP contribution in [0.15, 0.2) is 54.6 Å². The highest BCUT2D eigenvalue weighted by atomic mass is 16.5. The Morgan fingerprint density at radius 2 is 1.61 bits per heavy atom. The van der Waals surface area contributed by atoms with Gasteiger partial charge >= 0.3 is 0 Å². The molecule has 1 amide bonds. The zero-order valence-electron chi connectivity index (χ0n) is 13.4. The predicted octanol–water partition coefficient (Wildman–Crippen LogP) is 2.65. The van der Waals surface area contributed by atoms with Gasteiger partial charge in [0.15, 0.2) is 0 Å². The maximum Gasteiger partial charge on any atom is 0.253 e. The average Bonchev–Trinajstić information content (AvgIpc) is 2.63. The van der Waals surface area contributed by atoms with Crippen LogP contribution in [-0.4, -0.2) is 49.0 Å². The first-order chi connectivity index (χ1) is 11.3. The van der Waals surface area contributed by atoms with E-state index in [0.29, 0.717) is 0 Å². The zero-order valence-corrected chi connectivity index (χ0v) is 13.4. The number of benzene rings is 2. The van der Waals surface area contributed by atoms with E-state index in [1.54, 1.807) is 7.11 Å². The zero-order chi connectivity index (χ0) is 16.1. The van der Waals surface area contributed by atoms with Gasteiger partial charge in [-0.2, -0.15) is 0 Å². The van der Waals surface area contributed by atoms with Gasteiger partial charge < -0.3 is 9.64 Å². The van der Waals surface area contributed by atoms with Crippen LogP contribution in [0, 0.1) is 0 Å². The molecule has 0 unspecified atom stereocenters. The molecule has 0 N–H and O–H groups in total. The van der Waals surface area contributed by atoms with Crippen LogP contribution in [0.25, 0.3) is 0 Å². The minimum atomic E-state index is 0.104. The van der Waals surface area contributed by atoms with Crippen molar-refractivity contribution in [3.05, 3.63) is 65.7 Å². The fraction of sp³-hybridized carbons (Fsp3) is 0.316. The van der Waals surface area contributed by atoms with Crippen molar-refractivity contribution in [2.75, 3.05) is 33.3 Å². The number of amides is 1. The van der Waals surface area contributed by atoms with Gasteiger partial charge in [-0.25, -0.2) is 0 Å². The highest BCUT2D eigenvalue weighted by Gasteiger charge is 2.22. The highest BCUT2D eigenvalue weighted by molar-refractivity contribution is 5.94. The summed E-state index contributed by atoms with van der Waals surface area (Å²) in [6.07, 6.45) is 0. The summed E-state index contributed by atoms with van der Waals surface area (Å²) in [5.74, 6) is 0.876. The van der Waals surface area contributed by atoms with Crippen LogP contribution in [0.5, 0.6) is 5.75 Å². The van der Waals surface area contributed by atoms with Crippen LogP contribution < -0.4 is 4.74 Å². The maximum absolute atomic E-state index is 12.5. The molecule has 1 heterocycles. The lowest BCUT2D eigenvalue weighted by Gasteiger charge is -2.34. The van der Waals surface area contributed by atoms with Crippen molar-refractivity contribution in [3.8, 4) is 5.75 Å². The first-order valence-corrected chi connectivity index (χ1v) is 7.96. The number of methoxy groups -OCH3 is 1. The minimum absolute atomic E-state index is 0.104. The van der Waals surface area contributed by atoms with Gasteiger partial charge in [0.1, 0.15) is 5.75 Å². The van der Waals surface area contributed by atoms with Gasteiger partial charge in [-0.1, -0.05) is 30.3 Å². The van der Waals surface area contributed by atoms with Gasteiger partial charge in [-0.15, -0.1) is 0 Å². The summed E-state index contributed by atoms with van der Waals surface area (Å²) < 4.78 is 5.13. The lowest BCUT2D eigenvalue weighted by atomic mass is 10.1. The van der Waals surface area contributed by atoms with E-state index >= 15 is 0 Å². The van der Waals surface area contributed by atoms with E-state index in [0.717, 1.165) is 44.0 Å². The molecule has 0 aromatic heterocycles. The second-order valence-electron chi connectivity index (χ2n) is 5.78. The number of nitrogens with zero attached hydrogens (tertiary/aromatic N) is 2. The molecule has 1 fully saturated rings. The Morgan fingerprint density at radius 3 is 2.22 bits per heavy atom. The summed E-state index contributed by atoms with van der Waals surface area (Å²) in [5.41, 5.74) is 2.05. The van der Waals surface area contributed by atoms with Crippen molar-refractivity contribution in [3.63, 3.8) is 0 Å². The number of hydrogen-bond acceptors (Lipinski definition) is 3. The Labute approximate surface area is 137 Å². The number of rotatable bonds is 4. The molecule has 120 valence electrons. The largest absolute Gasteiger partial charge is 0.497 e. The van der Waals surface area contributed by atoms with Crippen LogP contribution in [0.3, 0.4) is 0 Å². The van der Waals surface area contributed by atoms with Crippen LogP contribution in [0.1, 0.15) is 15.9 Å². The molecule has 1 aliphatic rings. The summed E-state index contributed by atoms with van der Waals surface area (Å²) in [7, 11) is 1.63. The summed E-state index contributed by atoms with van der Waals surface area (Å²) in [6, 6.07) is 17.8. The van der Waals surface area contributed by atoms with Crippen molar-refractivity contribution >= 4 is 5.91 Å². The molecule has 0 aliphatic carbocycles. The predicted molar refractivity (Wildman–Crippen MR) is 90.6 cm³/mol. The lowest BCUT2D eigenvalue weighted by Crippen LogP contribution is -2.48. The molecule has 0 atom stereocenters. The van der Waals surface area contributed by atoms with Crippen molar-refractivity contribution in [2.24, 2.45) is 0 Å². The van der Waals surface area contributed by atoms with Crippen molar-refractivity contribution < 1.29 is 9.53 Å². The van der Waals surface area contributed by atoms with Crippen molar-refractivity contribution in [2.45, 2.75) is 6.54 Å². The molecule has 23 heavy (non-hydrogen) atoms. The van der Waals surface area contributed by atoms with Gasteiger partial charge in [-0.3, -0.25) is 9.69 Å². The second-order valence-corrected chi connectivity index (χ2v) is 5.78. The monoisotopic (exact) mass is 310 g/mol. The number of ether oxygens (including phenoxy) is 1. The van der Waals surface area contributed by atoms with E-state index in [9.17, 15) is 4.79 Å². The van der Waals surface area contributed by atoms with Gasteiger partial charge in [-0.05, 0) is 29.8 Å². The molecular formula is C19H22N2O2. The average molecular weight is 310 g/mol. The quantitative estimate of drug-likeness (QED) is 0.870. The molecule has 0 bridgehead atoms. The van der Waals surface area contributed by atoms with E-state index in [1.807, 2.05) is 35.2 Å². The lowest BCUT2D eigenvalue weighted by molar-refractivity contribution is 0.0628. The normalized spacial score (nSPS) is 15.4. The fourth-order valence-electron chi connectivity index (χ4n) is 2.87. The molecule has 2 aromatic rings. The molecule has 1 aliphatic heterocycles. The van der Waals surface area contributed by atoms with E-state index in [4.69, 9.17) is 4.74 Å². The molecule has 0 saturated carbocycles. The van der Waals surface area contributed by atoms with E-state index in [2.05, 4.69) is 29.2 Å². The number of hydrogen-bond donors (Lipinski definition) is 0. The number of carbonyl (C=O) groups is 1. The van der Waals surface area contributed by atoms with Crippen LogP contribution >= 0.6 is 0 Å². The number of piperazine rings is 1. The third-order valence-electron chi connectivity index (χ3n) is 4.25. The fourth-order valence-corrected chi connectivity index (χ4v) is 2.87. The minimum Gasteiger partial charge on any atom is -0.497 e. The topological polar surface area (TPSA) is 32.8 Å². The van der Waals surface area contributed by atoms with E-state index < -0.39 is 0 Å². The van der Waals surface area contributed by atoms with Gasteiger partial charge in [0.05, 0.1) is 7.11 Å². The van der Waals surface area contributed by atoms with Crippen LogP contribution in [0.4, 0.5) is 0 Å².